The molecule has 2 heterocycles. The molecule has 0 saturated carbocycles. The van der Waals surface area contributed by atoms with Crippen LogP contribution in [0.4, 0.5) is 0 Å². The number of aryl methyl sites for hydroxylation is 1. The molecule has 0 fully saturated rings. The molecule has 0 radical (unpaired) electrons. The average Bonchev–Trinajstić information content (AvgIpc) is 3.33. The lowest BCUT2D eigenvalue weighted by Gasteiger charge is -2.18. The topological polar surface area (TPSA) is 47.7 Å². The Morgan fingerprint density at radius 1 is 1.00 bits per heavy atom. The third kappa shape index (κ3) is 3.43. The molecule has 0 bridgehead atoms. The van der Waals surface area contributed by atoms with Crippen LogP contribution in [0.15, 0.2) is 85.5 Å². The molecule has 4 aromatic rings. The SMILES string of the molecule is Cn1ccnc1[C@@H](NCc1cnn(-c2ccccc2)c1)c1ccccc1. The molecule has 1 N–H and O–H groups in total. The molecule has 0 unspecified atom stereocenters. The van der Waals surface area contributed by atoms with Gasteiger partial charge in [0.1, 0.15) is 5.82 Å². The molecule has 1 atom stereocenters. The fraction of sp³-hybridized carbons (Fsp3) is 0.143. The number of para-hydroxylation sites is 1. The molecule has 0 aliphatic carbocycles. The maximum Gasteiger partial charge on any atom is 0.130 e. The first-order valence-corrected chi connectivity index (χ1v) is 8.66. The average molecular weight is 343 g/mol. The van der Waals surface area contributed by atoms with Gasteiger partial charge in [0.25, 0.3) is 0 Å². The normalized spacial score (nSPS) is 12.2. The highest BCUT2D eigenvalue weighted by atomic mass is 15.3. The highest BCUT2D eigenvalue weighted by Crippen LogP contribution is 2.21. The Hall–Kier alpha value is -3.18. The van der Waals surface area contributed by atoms with Crippen LogP contribution in [0.25, 0.3) is 5.69 Å². The van der Waals surface area contributed by atoms with E-state index in [0.717, 1.165) is 17.1 Å². The number of hydrogen-bond acceptors (Lipinski definition) is 3. The zero-order valence-corrected chi connectivity index (χ0v) is 14.7. The monoisotopic (exact) mass is 343 g/mol. The van der Waals surface area contributed by atoms with E-state index in [1.165, 1.54) is 5.56 Å². The predicted molar refractivity (Wildman–Crippen MR) is 102 cm³/mol. The van der Waals surface area contributed by atoms with E-state index < -0.39 is 0 Å². The molecule has 0 saturated heterocycles. The third-order valence-corrected chi connectivity index (χ3v) is 4.42. The lowest BCUT2D eigenvalue weighted by molar-refractivity contribution is 0.558. The van der Waals surface area contributed by atoms with Crippen molar-refractivity contribution in [3.63, 3.8) is 0 Å². The van der Waals surface area contributed by atoms with Crippen LogP contribution in [0.3, 0.4) is 0 Å². The van der Waals surface area contributed by atoms with Gasteiger partial charge in [0, 0.05) is 37.7 Å². The Bertz CT molecular complexity index is 956. The summed E-state index contributed by atoms with van der Waals surface area (Å²) in [4.78, 5) is 4.54. The van der Waals surface area contributed by atoms with E-state index in [9.17, 15) is 0 Å². The van der Waals surface area contributed by atoms with Gasteiger partial charge in [0.15, 0.2) is 0 Å². The first-order chi connectivity index (χ1) is 12.8. The molecular formula is C21H21N5. The molecular weight excluding hydrogens is 322 g/mol. The Balaban J connectivity index is 1.54. The highest BCUT2D eigenvalue weighted by molar-refractivity contribution is 5.31. The molecule has 130 valence electrons. The van der Waals surface area contributed by atoms with Crippen LogP contribution in [-0.4, -0.2) is 19.3 Å². The molecule has 0 spiro atoms. The van der Waals surface area contributed by atoms with Crippen molar-refractivity contribution >= 4 is 0 Å². The number of hydrogen-bond donors (Lipinski definition) is 1. The zero-order valence-electron chi connectivity index (χ0n) is 14.7. The van der Waals surface area contributed by atoms with Crippen molar-refractivity contribution in [2.24, 2.45) is 7.05 Å². The number of aromatic nitrogens is 4. The minimum atomic E-state index is 0.0243. The van der Waals surface area contributed by atoms with Crippen LogP contribution < -0.4 is 5.32 Å². The van der Waals surface area contributed by atoms with E-state index in [1.807, 2.05) is 66.7 Å². The van der Waals surface area contributed by atoms with Crippen molar-refractivity contribution in [2.45, 2.75) is 12.6 Å². The predicted octanol–water partition coefficient (Wildman–Crippen LogP) is 3.49. The summed E-state index contributed by atoms with van der Waals surface area (Å²) in [5.74, 6) is 0.992. The first kappa shape index (κ1) is 16.3. The lowest BCUT2D eigenvalue weighted by Crippen LogP contribution is -2.24. The first-order valence-electron chi connectivity index (χ1n) is 8.66. The van der Waals surface area contributed by atoms with Gasteiger partial charge in [0.05, 0.1) is 17.9 Å². The summed E-state index contributed by atoms with van der Waals surface area (Å²) in [7, 11) is 2.02. The standard InChI is InChI=1S/C21H21N5/c1-25-13-12-22-21(25)20(18-8-4-2-5-9-18)23-14-17-15-24-26(16-17)19-10-6-3-7-11-19/h2-13,15-16,20,23H,14H2,1H3/t20-/m0/s1. The van der Waals surface area contributed by atoms with E-state index in [0.29, 0.717) is 6.54 Å². The van der Waals surface area contributed by atoms with Gasteiger partial charge in [0.2, 0.25) is 0 Å². The minimum Gasteiger partial charge on any atom is -0.336 e. The third-order valence-electron chi connectivity index (χ3n) is 4.42. The second-order valence-corrected chi connectivity index (χ2v) is 6.25. The van der Waals surface area contributed by atoms with Gasteiger partial charge < -0.3 is 4.57 Å². The number of benzene rings is 2. The van der Waals surface area contributed by atoms with Gasteiger partial charge in [-0.05, 0) is 17.7 Å². The van der Waals surface area contributed by atoms with Crippen molar-refractivity contribution in [2.75, 3.05) is 0 Å². The Labute approximate surface area is 152 Å². The summed E-state index contributed by atoms with van der Waals surface area (Å²) in [5, 5.41) is 8.10. The zero-order chi connectivity index (χ0) is 17.8. The fourth-order valence-electron chi connectivity index (χ4n) is 3.05. The molecule has 26 heavy (non-hydrogen) atoms. The molecule has 5 nitrogen and oxygen atoms in total. The van der Waals surface area contributed by atoms with Gasteiger partial charge in [-0.2, -0.15) is 5.10 Å². The summed E-state index contributed by atoms with van der Waals surface area (Å²) in [6.45, 7) is 0.708. The van der Waals surface area contributed by atoms with Gasteiger partial charge in [-0.25, -0.2) is 9.67 Å². The van der Waals surface area contributed by atoms with Gasteiger partial charge in [-0.3, -0.25) is 5.32 Å². The molecule has 2 aromatic heterocycles. The molecule has 0 aliphatic heterocycles. The molecule has 2 aromatic carbocycles. The van der Waals surface area contributed by atoms with Gasteiger partial charge in [-0.15, -0.1) is 0 Å². The summed E-state index contributed by atoms with van der Waals surface area (Å²) in [6.07, 6.45) is 7.77. The summed E-state index contributed by atoms with van der Waals surface area (Å²) in [5.41, 5.74) is 3.38. The lowest BCUT2D eigenvalue weighted by atomic mass is 10.1. The number of imidazole rings is 1. The molecule has 0 amide bonds. The Kier molecular flexibility index (Phi) is 4.62. The van der Waals surface area contributed by atoms with Crippen molar-refractivity contribution < 1.29 is 0 Å². The quantitative estimate of drug-likeness (QED) is 0.583. The van der Waals surface area contributed by atoms with Gasteiger partial charge >= 0.3 is 0 Å². The van der Waals surface area contributed by atoms with E-state index in [4.69, 9.17) is 0 Å². The van der Waals surface area contributed by atoms with E-state index >= 15 is 0 Å². The molecule has 5 heteroatoms. The van der Waals surface area contributed by atoms with Crippen LogP contribution in [0.1, 0.15) is 23.0 Å². The van der Waals surface area contributed by atoms with E-state index in [2.05, 4.69) is 50.4 Å². The number of nitrogens with one attached hydrogen (secondary N) is 1. The summed E-state index contributed by atoms with van der Waals surface area (Å²) < 4.78 is 3.95. The van der Waals surface area contributed by atoms with Gasteiger partial charge in [-0.1, -0.05) is 48.5 Å². The maximum atomic E-state index is 4.54. The summed E-state index contributed by atoms with van der Waals surface area (Å²) in [6, 6.07) is 20.5. The van der Waals surface area contributed by atoms with Crippen LogP contribution >= 0.6 is 0 Å². The Morgan fingerprint density at radius 3 is 2.42 bits per heavy atom. The summed E-state index contributed by atoms with van der Waals surface area (Å²) >= 11 is 0. The fourth-order valence-corrected chi connectivity index (χ4v) is 3.05. The van der Waals surface area contributed by atoms with Crippen molar-refractivity contribution in [1.82, 2.24) is 24.6 Å². The van der Waals surface area contributed by atoms with Crippen molar-refractivity contribution in [1.29, 1.82) is 0 Å². The minimum absolute atomic E-state index is 0.0243. The van der Waals surface area contributed by atoms with Crippen LogP contribution in [0, 0.1) is 0 Å². The van der Waals surface area contributed by atoms with E-state index in [-0.39, 0.29) is 6.04 Å². The van der Waals surface area contributed by atoms with Crippen molar-refractivity contribution in [3.8, 4) is 5.69 Å². The van der Waals surface area contributed by atoms with Crippen LogP contribution in [0.5, 0.6) is 0 Å². The van der Waals surface area contributed by atoms with Crippen LogP contribution in [-0.2, 0) is 13.6 Å². The maximum absolute atomic E-state index is 4.54. The largest absolute Gasteiger partial charge is 0.336 e. The molecule has 0 aliphatic rings. The van der Waals surface area contributed by atoms with E-state index in [1.54, 1.807) is 0 Å². The smallest absolute Gasteiger partial charge is 0.130 e. The molecule has 4 rings (SSSR count). The second kappa shape index (κ2) is 7.37. The van der Waals surface area contributed by atoms with Crippen LogP contribution in [0.2, 0.25) is 0 Å². The van der Waals surface area contributed by atoms with Crippen molar-refractivity contribution in [3.05, 3.63) is 102 Å². The Morgan fingerprint density at radius 2 is 1.73 bits per heavy atom. The highest BCUT2D eigenvalue weighted by Gasteiger charge is 2.17. The second-order valence-electron chi connectivity index (χ2n) is 6.25. The number of rotatable bonds is 6. The number of nitrogens with zero attached hydrogens (tertiary/aromatic N) is 4.